The summed E-state index contributed by atoms with van der Waals surface area (Å²) in [6, 6.07) is 23.2. The van der Waals surface area contributed by atoms with Gasteiger partial charge in [-0.05, 0) is 55.8 Å². The van der Waals surface area contributed by atoms with Crippen LogP contribution in [0.25, 0.3) is 26.9 Å². The van der Waals surface area contributed by atoms with Crippen LogP contribution in [0.1, 0.15) is 25.0 Å². The first kappa shape index (κ1) is 17.7. The van der Waals surface area contributed by atoms with Crippen LogP contribution in [0.15, 0.2) is 72.8 Å². The van der Waals surface area contributed by atoms with Gasteiger partial charge in [0.05, 0.1) is 21.2 Å². The van der Waals surface area contributed by atoms with Gasteiger partial charge in [-0.3, -0.25) is 0 Å². The first-order valence-corrected chi connectivity index (χ1v) is 11.0. The first-order valence-electron chi connectivity index (χ1n) is 10.2. The standard InChI is InChI=1S/C26H22N2OS/c1-25(2)19-11-4-6-13-21(19)28(3)26(25)16-15-17-9-8-10-18(23(17)29-26)24-27-20-12-5-7-14-22(20)30-24/h4-16H,1-3H3. The maximum Gasteiger partial charge on any atom is 0.211 e. The van der Waals surface area contributed by atoms with E-state index in [1.54, 1.807) is 11.3 Å². The highest BCUT2D eigenvalue weighted by Crippen LogP contribution is 2.55. The van der Waals surface area contributed by atoms with Crippen LogP contribution in [0.4, 0.5) is 5.69 Å². The second-order valence-corrected chi connectivity index (χ2v) is 9.57. The van der Waals surface area contributed by atoms with Gasteiger partial charge in [0, 0.05) is 18.3 Å². The van der Waals surface area contributed by atoms with Gasteiger partial charge < -0.3 is 9.64 Å². The third-order valence-corrected chi connectivity index (χ3v) is 7.72. The zero-order valence-electron chi connectivity index (χ0n) is 17.2. The zero-order chi connectivity index (χ0) is 20.5. The fourth-order valence-corrected chi connectivity index (χ4v) is 5.94. The van der Waals surface area contributed by atoms with Crippen molar-refractivity contribution in [2.24, 2.45) is 0 Å². The summed E-state index contributed by atoms with van der Waals surface area (Å²) in [5.41, 5.74) is 4.90. The van der Waals surface area contributed by atoms with E-state index < -0.39 is 5.72 Å². The third-order valence-electron chi connectivity index (χ3n) is 6.65. The molecule has 1 unspecified atom stereocenters. The number of hydrogen-bond donors (Lipinski definition) is 0. The molecule has 0 fully saturated rings. The average molecular weight is 411 g/mol. The highest BCUT2D eigenvalue weighted by molar-refractivity contribution is 7.21. The molecule has 0 saturated heterocycles. The van der Waals surface area contributed by atoms with Crippen molar-refractivity contribution in [1.29, 1.82) is 0 Å². The van der Waals surface area contributed by atoms with Gasteiger partial charge in [-0.1, -0.05) is 42.5 Å². The Morgan fingerprint density at radius 1 is 0.933 bits per heavy atom. The van der Waals surface area contributed by atoms with Crippen molar-refractivity contribution in [1.82, 2.24) is 4.98 Å². The Bertz CT molecular complexity index is 1300. The molecule has 6 rings (SSSR count). The Morgan fingerprint density at radius 3 is 2.57 bits per heavy atom. The summed E-state index contributed by atoms with van der Waals surface area (Å²) in [6.45, 7) is 4.54. The minimum atomic E-state index is -0.587. The number of fused-ring (bicyclic) bond motifs is 3. The van der Waals surface area contributed by atoms with Gasteiger partial charge in [0.2, 0.25) is 5.72 Å². The molecule has 1 aromatic heterocycles. The van der Waals surface area contributed by atoms with Gasteiger partial charge >= 0.3 is 0 Å². The van der Waals surface area contributed by atoms with Crippen LogP contribution in [0.2, 0.25) is 0 Å². The van der Waals surface area contributed by atoms with E-state index in [0.717, 1.165) is 27.4 Å². The molecule has 1 spiro atoms. The molecule has 0 amide bonds. The minimum Gasteiger partial charge on any atom is -0.462 e. The Morgan fingerprint density at radius 2 is 1.73 bits per heavy atom. The topological polar surface area (TPSA) is 25.4 Å². The second kappa shape index (κ2) is 5.96. The van der Waals surface area contributed by atoms with E-state index in [9.17, 15) is 0 Å². The van der Waals surface area contributed by atoms with Crippen LogP contribution in [-0.2, 0) is 5.41 Å². The molecule has 0 N–H and O–H groups in total. The van der Waals surface area contributed by atoms with Gasteiger partial charge in [0.15, 0.2) is 0 Å². The number of hydrogen-bond acceptors (Lipinski definition) is 4. The molecule has 0 radical (unpaired) electrons. The van der Waals surface area contributed by atoms with Crippen molar-refractivity contribution in [2.75, 3.05) is 11.9 Å². The van der Waals surface area contributed by atoms with E-state index in [-0.39, 0.29) is 5.41 Å². The predicted molar refractivity (Wildman–Crippen MR) is 125 cm³/mol. The number of para-hydroxylation sites is 3. The minimum absolute atomic E-state index is 0.215. The van der Waals surface area contributed by atoms with Crippen LogP contribution in [0.5, 0.6) is 5.75 Å². The van der Waals surface area contributed by atoms with Crippen molar-refractivity contribution < 1.29 is 4.74 Å². The lowest BCUT2D eigenvalue weighted by Gasteiger charge is -2.46. The molecule has 0 saturated carbocycles. The van der Waals surface area contributed by atoms with E-state index >= 15 is 0 Å². The largest absolute Gasteiger partial charge is 0.462 e. The van der Waals surface area contributed by atoms with Crippen molar-refractivity contribution in [3.05, 3.63) is 83.9 Å². The molecule has 4 aromatic rings. The van der Waals surface area contributed by atoms with Crippen molar-refractivity contribution >= 4 is 33.3 Å². The number of benzene rings is 3. The summed E-state index contributed by atoms with van der Waals surface area (Å²) in [5.74, 6) is 0.909. The number of ether oxygens (including phenoxy) is 1. The molecule has 3 nitrogen and oxygen atoms in total. The smallest absolute Gasteiger partial charge is 0.211 e. The highest BCUT2D eigenvalue weighted by Gasteiger charge is 2.57. The molecule has 3 heterocycles. The van der Waals surface area contributed by atoms with Crippen molar-refractivity contribution in [2.45, 2.75) is 25.0 Å². The maximum atomic E-state index is 6.98. The van der Waals surface area contributed by atoms with Crippen LogP contribution in [-0.4, -0.2) is 17.8 Å². The molecule has 148 valence electrons. The molecular weight excluding hydrogens is 388 g/mol. The summed E-state index contributed by atoms with van der Waals surface area (Å²) in [7, 11) is 2.13. The number of anilines is 1. The van der Waals surface area contributed by atoms with E-state index in [0.29, 0.717) is 0 Å². The van der Waals surface area contributed by atoms with Crippen LogP contribution in [0.3, 0.4) is 0 Å². The fraction of sp³-hybridized carbons (Fsp3) is 0.192. The lowest BCUT2D eigenvalue weighted by Crippen LogP contribution is -2.58. The molecule has 3 aromatic carbocycles. The summed E-state index contributed by atoms with van der Waals surface area (Å²) in [5, 5.41) is 0.995. The van der Waals surface area contributed by atoms with Gasteiger partial charge in [0.25, 0.3) is 0 Å². The summed E-state index contributed by atoms with van der Waals surface area (Å²) in [4.78, 5) is 7.18. The van der Waals surface area contributed by atoms with E-state index in [2.05, 4.69) is 98.6 Å². The molecule has 4 heteroatoms. The summed E-state index contributed by atoms with van der Waals surface area (Å²) < 4.78 is 8.17. The Balaban J connectivity index is 1.53. The number of aromatic nitrogens is 1. The zero-order valence-corrected chi connectivity index (χ0v) is 18.0. The van der Waals surface area contributed by atoms with Gasteiger partial charge in [-0.2, -0.15) is 0 Å². The monoisotopic (exact) mass is 410 g/mol. The normalized spacial score (nSPS) is 21.0. The predicted octanol–water partition coefficient (Wildman–Crippen LogP) is 6.49. The number of likely N-dealkylation sites (N-methyl/N-ethyl adjacent to an activating group) is 1. The van der Waals surface area contributed by atoms with Crippen LogP contribution < -0.4 is 9.64 Å². The van der Waals surface area contributed by atoms with Crippen molar-refractivity contribution in [3.63, 3.8) is 0 Å². The molecule has 2 aliphatic rings. The second-order valence-electron chi connectivity index (χ2n) is 8.54. The summed E-state index contributed by atoms with van der Waals surface area (Å²) >= 11 is 1.71. The molecule has 0 bridgehead atoms. The van der Waals surface area contributed by atoms with E-state index in [1.807, 2.05) is 6.07 Å². The molecule has 30 heavy (non-hydrogen) atoms. The highest BCUT2D eigenvalue weighted by atomic mass is 32.1. The lowest BCUT2D eigenvalue weighted by molar-refractivity contribution is 0.0588. The Labute approximate surface area is 180 Å². The number of rotatable bonds is 1. The Hall–Kier alpha value is -3.11. The van der Waals surface area contributed by atoms with E-state index in [1.165, 1.54) is 16.0 Å². The maximum absolute atomic E-state index is 6.98. The van der Waals surface area contributed by atoms with Gasteiger partial charge in [0.1, 0.15) is 10.8 Å². The molecule has 1 atom stereocenters. The van der Waals surface area contributed by atoms with Crippen LogP contribution >= 0.6 is 11.3 Å². The number of nitrogens with zero attached hydrogens (tertiary/aromatic N) is 2. The number of thiazole rings is 1. The fourth-order valence-electron chi connectivity index (χ4n) is 4.95. The molecule has 2 aliphatic heterocycles. The third kappa shape index (κ3) is 2.17. The first-order chi connectivity index (χ1) is 14.5. The van der Waals surface area contributed by atoms with Crippen molar-refractivity contribution in [3.8, 4) is 16.3 Å². The Kier molecular flexibility index (Phi) is 3.52. The van der Waals surface area contributed by atoms with Crippen LogP contribution in [0, 0.1) is 0 Å². The van der Waals surface area contributed by atoms with Gasteiger partial charge in [-0.15, -0.1) is 11.3 Å². The average Bonchev–Trinajstić information content (AvgIpc) is 3.27. The molecule has 0 aliphatic carbocycles. The quantitative estimate of drug-likeness (QED) is 0.358. The van der Waals surface area contributed by atoms with Gasteiger partial charge in [-0.25, -0.2) is 4.98 Å². The SMILES string of the molecule is CN1c2ccccc2C(C)(C)C12C=Cc1cccc(-c3nc4ccccc4s3)c1O2. The lowest BCUT2D eigenvalue weighted by atomic mass is 9.76. The summed E-state index contributed by atoms with van der Waals surface area (Å²) in [6.07, 6.45) is 4.43. The molecular formula is C26H22N2OS. The van der Waals surface area contributed by atoms with E-state index in [4.69, 9.17) is 9.72 Å².